The number of alkyl halides is 3. The van der Waals surface area contributed by atoms with Crippen LogP contribution < -0.4 is 15.2 Å². The average Bonchev–Trinajstić information content (AvgIpc) is 2.34. The second-order valence-electron chi connectivity index (χ2n) is 3.56. The molecule has 8 heteroatoms. The molecule has 0 heterocycles. The number of amidine groups is 1. The van der Waals surface area contributed by atoms with Gasteiger partial charge in [0.2, 0.25) is 0 Å². The van der Waals surface area contributed by atoms with E-state index >= 15 is 0 Å². The topological polar surface area (TPSA) is 77.1 Å². The van der Waals surface area contributed by atoms with E-state index in [4.69, 9.17) is 15.7 Å². The quantitative estimate of drug-likeness (QED) is 0.275. The Bertz CT molecular complexity index is 418. The molecule has 0 aliphatic heterocycles. The summed E-state index contributed by atoms with van der Waals surface area (Å²) in [4.78, 5) is 0. The summed E-state index contributed by atoms with van der Waals surface area (Å²) in [5.74, 6) is 0.197. The highest BCUT2D eigenvalue weighted by Crippen LogP contribution is 2.24. The van der Waals surface area contributed by atoms with Gasteiger partial charge in [0.05, 0.1) is 6.61 Å². The molecular weight excluding hydrogens is 265 g/mol. The molecule has 0 aliphatic carbocycles. The lowest BCUT2D eigenvalue weighted by atomic mass is 10.3. The summed E-state index contributed by atoms with van der Waals surface area (Å²) in [6.07, 6.45) is -3.81. The molecule has 0 amide bonds. The molecule has 0 saturated heterocycles. The van der Waals surface area contributed by atoms with Gasteiger partial charge in [-0.05, 0) is 30.7 Å². The van der Waals surface area contributed by atoms with Crippen molar-refractivity contribution < 1.29 is 27.9 Å². The Kier molecular flexibility index (Phi) is 5.28. The Morgan fingerprint density at radius 2 is 1.79 bits per heavy atom. The van der Waals surface area contributed by atoms with Gasteiger partial charge in [-0.2, -0.15) is 0 Å². The highest BCUT2D eigenvalue weighted by atomic mass is 19.4. The maximum atomic E-state index is 11.9. The van der Waals surface area contributed by atoms with Crippen molar-refractivity contribution in [1.29, 1.82) is 0 Å². The fraction of sp³-hybridized carbons (Fsp3) is 0.364. The predicted octanol–water partition coefficient (Wildman–Crippen LogP) is 2.49. The van der Waals surface area contributed by atoms with Gasteiger partial charge in [-0.3, -0.25) is 0 Å². The van der Waals surface area contributed by atoms with E-state index in [1.54, 1.807) is 0 Å². The number of oxime groups is 1. The van der Waals surface area contributed by atoms with Crippen molar-refractivity contribution in [2.24, 2.45) is 10.9 Å². The molecular formula is C11H13F3N2O3. The van der Waals surface area contributed by atoms with E-state index in [0.717, 1.165) is 12.1 Å². The summed E-state index contributed by atoms with van der Waals surface area (Å²) in [6.45, 7) is 0.301. The first-order valence-corrected chi connectivity index (χ1v) is 5.36. The van der Waals surface area contributed by atoms with E-state index in [-0.39, 0.29) is 11.6 Å². The van der Waals surface area contributed by atoms with Crippen molar-refractivity contribution in [3.05, 3.63) is 24.3 Å². The third-order valence-electron chi connectivity index (χ3n) is 2.03. The third-order valence-corrected chi connectivity index (χ3v) is 2.03. The minimum Gasteiger partial charge on any atom is -0.494 e. The van der Waals surface area contributed by atoms with Crippen LogP contribution >= 0.6 is 0 Å². The van der Waals surface area contributed by atoms with E-state index in [9.17, 15) is 13.2 Å². The van der Waals surface area contributed by atoms with E-state index in [1.807, 2.05) is 0 Å². The summed E-state index contributed by atoms with van der Waals surface area (Å²) in [6, 6.07) is 5.05. The second kappa shape index (κ2) is 6.72. The van der Waals surface area contributed by atoms with Gasteiger partial charge in [-0.25, -0.2) is 0 Å². The molecule has 0 aliphatic rings. The smallest absolute Gasteiger partial charge is 0.494 e. The average molecular weight is 278 g/mol. The SMILES string of the molecule is N/C(CCCOc1ccc(OC(F)(F)F)cc1)=N/O. The van der Waals surface area contributed by atoms with Crippen LogP contribution in [0.25, 0.3) is 0 Å². The van der Waals surface area contributed by atoms with Crippen LogP contribution in [0.1, 0.15) is 12.8 Å². The number of halogens is 3. The van der Waals surface area contributed by atoms with Crippen LogP contribution in [0.4, 0.5) is 13.2 Å². The lowest BCUT2D eigenvalue weighted by Crippen LogP contribution is -2.17. The monoisotopic (exact) mass is 278 g/mol. The molecule has 0 bridgehead atoms. The normalized spacial score (nSPS) is 12.3. The maximum absolute atomic E-state index is 11.9. The number of hydrogen-bond donors (Lipinski definition) is 2. The Morgan fingerprint density at radius 1 is 1.21 bits per heavy atom. The van der Waals surface area contributed by atoms with Crippen LogP contribution in [0.3, 0.4) is 0 Å². The highest BCUT2D eigenvalue weighted by molar-refractivity contribution is 5.79. The number of nitrogens with two attached hydrogens (primary N) is 1. The molecule has 1 aromatic rings. The molecule has 0 unspecified atom stereocenters. The number of rotatable bonds is 6. The maximum Gasteiger partial charge on any atom is 0.573 e. The van der Waals surface area contributed by atoms with Crippen molar-refractivity contribution in [3.8, 4) is 11.5 Å². The number of nitrogens with zero attached hydrogens (tertiary/aromatic N) is 1. The first-order valence-electron chi connectivity index (χ1n) is 5.36. The predicted molar refractivity (Wildman–Crippen MR) is 61.3 cm³/mol. The first kappa shape index (κ1) is 14.9. The zero-order valence-electron chi connectivity index (χ0n) is 9.85. The molecule has 106 valence electrons. The van der Waals surface area contributed by atoms with Crippen LogP contribution in [-0.4, -0.2) is 24.0 Å². The molecule has 3 N–H and O–H groups in total. The summed E-state index contributed by atoms with van der Waals surface area (Å²) < 4.78 is 44.7. The van der Waals surface area contributed by atoms with Crippen molar-refractivity contribution in [3.63, 3.8) is 0 Å². The Labute approximate surface area is 107 Å². The largest absolute Gasteiger partial charge is 0.573 e. The van der Waals surface area contributed by atoms with Gasteiger partial charge in [-0.1, -0.05) is 5.16 Å². The lowest BCUT2D eigenvalue weighted by Gasteiger charge is -2.10. The van der Waals surface area contributed by atoms with Crippen LogP contribution in [0.15, 0.2) is 29.4 Å². The van der Waals surface area contributed by atoms with Crippen LogP contribution in [0, 0.1) is 0 Å². The minimum absolute atomic E-state index is 0.0949. The molecule has 0 aromatic heterocycles. The van der Waals surface area contributed by atoms with Gasteiger partial charge in [0.15, 0.2) is 0 Å². The van der Waals surface area contributed by atoms with Crippen LogP contribution in [0.2, 0.25) is 0 Å². The Hall–Kier alpha value is -2.12. The van der Waals surface area contributed by atoms with Gasteiger partial charge in [-0.15, -0.1) is 13.2 Å². The van der Waals surface area contributed by atoms with Crippen molar-refractivity contribution in [1.82, 2.24) is 0 Å². The standard InChI is InChI=1S/C11H13F3N2O3/c12-11(13,14)19-9-5-3-8(4-6-9)18-7-1-2-10(15)16-17/h3-6,17H,1-2,7H2,(H2,15,16). The van der Waals surface area contributed by atoms with Gasteiger partial charge in [0.25, 0.3) is 0 Å². The zero-order valence-corrected chi connectivity index (χ0v) is 9.85. The number of ether oxygens (including phenoxy) is 2. The van der Waals surface area contributed by atoms with E-state index in [2.05, 4.69) is 9.89 Å². The van der Waals surface area contributed by atoms with E-state index in [0.29, 0.717) is 25.2 Å². The molecule has 0 radical (unpaired) electrons. The van der Waals surface area contributed by atoms with Crippen molar-refractivity contribution in [2.75, 3.05) is 6.61 Å². The van der Waals surface area contributed by atoms with Gasteiger partial charge in [0, 0.05) is 6.42 Å². The van der Waals surface area contributed by atoms with Crippen molar-refractivity contribution >= 4 is 5.84 Å². The summed E-state index contributed by atoms with van der Waals surface area (Å²) in [5, 5.41) is 11.1. The number of benzene rings is 1. The van der Waals surface area contributed by atoms with Crippen LogP contribution in [-0.2, 0) is 0 Å². The second-order valence-corrected chi connectivity index (χ2v) is 3.56. The summed E-state index contributed by atoms with van der Waals surface area (Å²) in [5.41, 5.74) is 5.25. The lowest BCUT2D eigenvalue weighted by molar-refractivity contribution is -0.274. The molecule has 1 rings (SSSR count). The summed E-state index contributed by atoms with van der Waals surface area (Å²) >= 11 is 0. The molecule has 0 saturated carbocycles. The van der Waals surface area contributed by atoms with Gasteiger partial charge < -0.3 is 20.4 Å². The van der Waals surface area contributed by atoms with Crippen LogP contribution in [0.5, 0.6) is 11.5 Å². The van der Waals surface area contributed by atoms with E-state index in [1.165, 1.54) is 12.1 Å². The third kappa shape index (κ3) is 6.39. The van der Waals surface area contributed by atoms with Crippen molar-refractivity contribution in [2.45, 2.75) is 19.2 Å². The summed E-state index contributed by atoms with van der Waals surface area (Å²) in [7, 11) is 0. The molecule has 19 heavy (non-hydrogen) atoms. The molecule has 0 fully saturated rings. The minimum atomic E-state index is -4.70. The number of hydrogen-bond acceptors (Lipinski definition) is 4. The fourth-order valence-corrected chi connectivity index (χ4v) is 1.23. The zero-order chi connectivity index (χ0) is 14.3. The first-order chi connectivity index (χ1) is 8.90. The molecule has 0 spiro atoms. The molecule has 5 nitrogen and oxygen atoms in total. The Morgan fingerprint density at radius 3 is 2.32 bits per heavy atom. The molecule has 0 atom stereocenters. The molecule has 1 aromatic carbocycles. The van der Waals surface area contributed by atoms with Gasteiger partial charge >= 0.3 is 6.36 Å². The van der Waals surface area contributed by atoms with E-state index < -0.39 is 6.36 Å². The fourth-order valence-electron chi connectivity index (χ4n) is 1.23. The highest BCUT2D eigenvalue weighted by Gasteiger charge is 2.30. The van der Waals surface area contributed by atoms with Gasteiger partial charge in [0.1, 0.15) is 17.3 Å². The Balaban J connectivity index is 2.36.